The molecule has 0 saturated carbocycles. The largest absolute Gasteiger partial charge is 0.481 e. The number of aromatic nitrogens is 1. The molecule has 36 heavy (non-hydrogen) atoms. The molecule has 3 aromatic rings. The van der Waals surface area contributed by atoms with E-state index in [0.717, 1.165) is 27.8 Å². The van der Waals surface area contributed by atoms with Crippen LogP contribution in [0, 0.1) is 19.7 Å². The van der Waals surface area contributed by atoms with Gasteiger partial charge in [0.25, 0.3) is 5.91 Å². The van der Waals surface area contributed by atoms with E-state index in [1.54, 1.807) is 43.3 Å². The number of hydrogen-bond acceptors (Lipinski definition) is 5. The first kappa shape index (κ1) is 25.4. The fraction of sp³-hybridized carbons (Fsp3) is 0.345. The first-order chi connectivity index (χ1) is 17.2. The van der Waals surface area contributed by atoms with Gasteiger partial charge >= 0.3 is 5.97 Å². The molecule has 1 atom stereocenters. The van der Waals surface area contributed by atoms with E-state index in [0.29, 0.717) is 31.0 Å². The zero-order chi connectivity index (χ0) is 26.0. The highest BCUT2D eigenvalue weighted by atomic mass is 19.1. The number of fused-ring (bicyclic) bond motifs is 1. The molecule has 0 bridgehead atoms. The van der Waals surface area contributed by atoms with Crippen LogP contribution in [0.3, 0.4) is 0 Å². The molecule has 2 aromatic carbocycles. The molecule has 0 aliphatic carbocycles. The fourth-order valence-corrected chi connectivity index (χ4v) is 4.84. The number of amides is 1. The molecule has 1 aliphatic heterocycles. The Morgan fingerprint density at radius 3 is 2.58 bits per heavy atom. The SMILES string of the molecule is CCOC(=O)[C@@](C)(c1ccc2c(c1)CN(C(=O)c1cc(C)ccc1F)CC2)c1cnc(OC)cc1C. The van der Waals surface area contributed by atoms with Gasteiger partial charge < -0.3 is 14.4 Å². The molecule has 0 spiro atoms. The number of benzene rings is 2. The van der Waals surface area contributed by atoms with Crippen molar-refractivity contribution in [2.45, 2.75) is 46.1 Å². The summed E-state index contributed by atoms with van der Waals surface area (Å²) in [5, 5.41) is 0. The smallest absolute Gasteiger partial charge is 0.320 e. The van der Waals surface area contributed by atoms with Crippen molar-refractivity contribution in [2.24, 2.45) is 0 Å². The normalized spacial score (nSPS) is 14.6. The maximum absolute atomic E-state index is 14.4. The molecule has 2 heterocycles. The van der Waals surface area contributed by atoms with Gasteiger partial charge in [-0.25, -0.2) is 9.37 Å². The van der Waals surface area contributed by atoms with E-state index < -0.39 is 11.2 Å². The van der Waals surface area contributed by atoms with Crippen LogP contribution < -0.4 is 4.74 Å². The topological polar surface area (TPSA) is 68.7 Å². The lowest BCUT2D eigenvalue weighted by Gasteiger charge is -2.33. The Hall–Kier alpha value is -3.74. The van der Waals surface area contributed by atoms with Crippen LogP contribution in [0.5, 0.6) is 5.88 Å². The van der Waals surface area contributed by atoms with Gasteiger partial charge in [-0.1, -0.05) is 29.8 Å². The summed E-state index contributed by atoms with van der Waals surface area (Å²) in [7, 11) is 1.55. The summed E-state index contributed by atoms with van der Waals surface area (Å²) in [4.78, 5) is 32.6. The lowest BCUT2D eigenvalue weighted by Crippen LogP contribution is -2.38. The van der Waals surface area contributed by atoms with Crippen LogP contribution in [0.25, 0.3) is 0 Å². The summed E-state index contributed by atoms with van der Waals surface area (Å²) in [6.45, 7) is 8.41. The Balaban J connectivity index is 1.74. The van der Waals surface area contributed by atoms with Crippen molar-refractivity contribution in [3.8, 4) is 5.88 Å². The average molecular weight is 491 g/mol. The Morgan fingerprint density at radius 1 is 1.11 bits per heavy atom. The van der Waals surface area contributed by atoms with Gasteiger partial charge in [-0.15, -0.1) is 0 Å². The number of rotatable bonds is 6. The monoisotopic (exact) mass is 490 g/mol. The third-order valence-corrected chi connectivity index (χ3v) is 6.95. The van der Waals surface area contributed by atoms with E-state index >= 15 is 0 Å². The number of halogens is 1. The minimum atomic E-state index is -1.12. The number of pyridine rings is 1. The van der Waals surface area contributed by atoms with E-state index in [-0.39, 0.29) is 24.0 Å². The fourth-order valence-electron chi connectivity index (χ4n) is 4.84. The average Bonchev–Trinajstić information content (AvgIpc) is 2.88. The van der Waals surface area contributed by atoms with Crippen LogP contribution in [0.15, 0.2) is 48.7 Å². The Morgan fingerprint density at radius 2 is 1.89 bits per heavy atom. The molecular formula is C29H31FN2O4. The second-order valence-corrected chi connectivity index (χ2v) is 9.33. The molecule has 0 radical (unpaired) electrons. The predicted octanol–water partition coefficient (Wildman–Crippen LogP) is 4.91. The van der Waals surface area contributed by atoms with Crippen molar-refractivity contribution >= 4 is 11.9 Å². The van der Waals surface area contributed by atoms with Crippen molar-refractivity contribution in [2.75, 3.05) is 20.3 Å². The predicted molar refractivity (Wildman–Crippen MR) is 135 cm³/mol. The molecule has 1 amide bonds. The lowest BCUT2D eigenvalue weighted by molar-refractivity contribution is -0.147. The van der Waals surface area contributed by atoms with E-state index in [1.807, 2.05) is 39.0 Å². The number of aryl methyl sites for hydroxylation is 2. The third-order valence-electron chi connectivity index (χ3n) is 6.95. The number of methoxy groups -OCH3 is 1. The lowest BCUT2D eigenvalue weighted by atomic mass is 9.74. The van der Waals surface area contributed by atoms with Gasteiger partial charge in [0.05, 0.1) is 19.3 Å². The number of ether oxygens (including phenoxy) is 2. The Kier molecular flexibility index (Phi) is 7.11. The molecule has 1 aliphatic rings. The standard InChI is InChI=1S/C29H31FN2O4/c1-6-36-28(34)29(4,24-16-31-26(35-5)14-19(24)3)22-9-8-20-11-12-32(17-21(20)15-22)27(33)23-13-18(2)7-10-25(23)30/h7-10,13-16H,6,11-12,17H2,1-5H3/t29-/m0/s1. The van der Waals surface area contributed by atoms with Gasteiger partial charge in [0.15, 0.2) is 0 Å². The number of hydrogen-bond donors (Lipinski definition) is 0. The highest BCUT2D eigenvalue weighted by Crippen LogP contribution is 2.38. The minimum Gasteiger partial charge on any atom is -0.481 e. The molecule has 0 fully saturated rings. The maximum Gasteiger partial charge on any atom is 0.320 e. The van der Waals surface area contributed by atoms with Gasteiger partial charge in [0, 0.05) is 25.4 Å². The van der Waals surface area contributed by atoms with Gasteiger partial charge in [0.1, 0.15) is 11.2 Å². The van der Waals surface area contributed by atoms with Crippen LogP contribution in [0.1, 0.15) is 57.6 Å². The number of carbonyl (C=O) groups excluding carboxylic acids is 2. The van der Waals surface area contributed by atoms with Crippen LogP contribution in [-0.2, 0) is 27.9 Å². The second-order valence-electron chi connectivity index (χ2n) is 9.33. The summed E-state index contributed by atoms with van der Waals surface area (Å²) in [6, 6.07) is 12.3. The van der Waals surface area contributed by atoms with E-state index in [4.69, 9.17) is 9.47 Å². The summed E-state index contributed by atoms with van der Waals surface area (Å²) in [6.07, 6.45) is 2.30. The minimum absolute atomic E-state index is 0.0749. The molecular weight excluding hydrogens is 459 g/mol. The quantitative estimate of drug-likeness (QED) is 0.459. The summed E-state index contributed by atoms with van der Waals surface area (Å²) >= 11 is 0. The van der Waals surface area contributed by atoms with Gasteiger partial charge in [0.2, 0.25) is 5.88 Å². The van der Waals surface area contributed by atoms with E-state index in [1.165, 1.54) is 6.07 Å². The summed E-state index contributed by atoms with van der Waals surface area (Å²) in [5.74, 6) is -0.783. The number of carbonyl (C=O) groups is 2. The maximum atomic E-state index is 14.4. The summed E-state index contributed by atoms with van der Waals surface area (Å²) < 4.78 is 25.2. The number of esters is 1. The first-order valence-corrected chi connectivity index (χ1v) is 12.0. The highest BCUT2D eigenvalue weighted by Gasteiger charge is 2.41. The van der Waals surface area contributed by atoms with Crippen molar-refractivity contribution in [1.82, 2.24) is 9.88 Å². The van der Waals surface area contributed by atoms with Gasteiger partial charge in [-0.2, -0.15) is 0 Å². The molecule has 4 rings (SSSR count). The zero-order valence-electron chi connectivity index (χ0n) is 21.4. The third kappa shape index (κ3) is 4.57. The van der Waals surface area contributed by atoms with Crippen LogP contribution >= 0.6 is 0 Å². The van der Waals surface area contributed by atoms with Gasteiger partial charge in [-0.05, 0) is 74.1 Å². The van der Waals surface area contributed by atoms with Crippen LogP contribution in [-0.4, -0.2) is 42.0 Å². The van der Waals surface area contributed by atoms with E-state index in [9.17, 15) is 14.0 Å². The summed E-state index contributed by atoms with van der Waals surface area (Å²) in [5.41, 5.74) is 4.11. The molecule has 7 heteroatoms. The Labute approximate surface area is 211 Å². The first-order valence-electron chi connectivity index (χ1n) is 12.0. The van der Waals surface area contributed by atoms with E-state index in [2.05, 4.69) is 4.98 Å². The zero-order valence-corrected chi connectivity index (χ0v) is 21.4. The van der Waals surface area contributed by atoms with Crippen LogP contribution in [0.4, 0.5) is 4.39 Å². The molecule has 1 aromatic heterocycles. The van der Waals surface area contributed by atoms with Crippen molar-refractivity contribution in [3.63, 3.8) is 0 Å². The van der Waals surface area contributed by atoms with Gasteiger partial charge in [-0.3, -0.25) is 9.59 Å². The molecule has 188 valence electrons. The molecule has 6 nitrogen and oxygen atoms in total. The van der Waals surface area contributed by atoms with Crippen molar-refractivity contribution < 1.29 is 23.5 Å². The second kappa shape index (κ2) is 10.1. The van der Waals surface area contributed by atoms with Crippen molar-refractivity contribution in [3.05, 3.63) is 93.4 Å². The van der Waals surface area contributed by atoms with Crippen LogP contribution in [0.2, 0.25) is 0 Å². The Bertz CT molecular complexity index is 1320. The molecule has 0 saturated heterocycles. The van der Waals surface area contributed by atoms with Crippen molar-refractivity contribution in [1.29, 1.82) is 0 Å². The highest BCUT2D eigenvalue weighted by molar-refractivity contribution is 5.95. The molecule has 0 unspecified atom stereocenters. The number of nitrogens with zero attached hydrogens (tertiary/aromatic N) is 2. The molecule has 0 N–H and O–H groups in total.